The zero-order valence-corrected chi connectivity index (χ0v) is 20.8. The van der Waals surface area contributed by atoms with E-state index in [1.807, 2.05) is 19.6 Å². The van der Waals surface area contributed by atoms with E-state index in [9.17, 15) is 22.8 Å². The third kappa shape index (κ3) is 11.0. The van der Waals surface area contributed by atoms with E-state index in [1.165, 1.54) is 0 Å². The quantitative estimate of drug-likeness (QED) is 0.124. The molecular formula is C19H31NO9SSi. The van der Waals surface area contributed by atoms with Crippen molar-refractivity contribution >= 4 is 36.2 Å². The summed E-state index contributed by atoms with van der Waals surface area (Å²) in [4.78, 5) is 36.7. The molecule has 0 aliphatic rings. The molecule has 31 heavy (non-hydrogen) atoms. The van der Waals surface area contributed by atoms with E-state index in [4.69, 9.17) is 13.7 Å². The van der Waals surface area contributed by atoms with Gasteiger partial charge in [0.05, 0.1) is 27.1 Å². The largest absolute Gasteiger partial charge is 0.467 e. The highest BCUT2D eigenvalue weighted by Gasteiger charge is 2.42. The SMILES string of the molecule is C=C(CC(OS(C)(=O)=O)C(=O)OCC)CC(C#C[Si](C)(C)C)(NC(=O)OC)C(=O)OC. The van der Waals surface area contributed by atoms with E-state index >= 15 is 0 Å². The van der Waals surface area contributed by atoms with Gasteiger partial charge in [-0.3, -0.25) is 9.50 Å². The second-order valence-electron chi connectivity index (χ2n) is 7.69. The van der Waals surface area contributed by atoms with Crippen molar-refractivity contribution in [3.05, 3.63) is 12.2 Å². The highest BCUT2D eigenvalue weighted by atomic mass is 32.2. The third-order valence-corrected chi connectivity index (χ3v) is 4.97. The lowest BCUT2D eigenvalue weighted by atomic mass is 9.89. The molecule has 0 radical (unpaired) electrons. The Hall–Kier alpha value is -2.36. The van der Waals surface area contributed by atoms with Crippen molar-refractivity contribution in [2.75, 3.05) is 27.1 Å². The fourth-order valence-electron chi connectivity index (χ4n) is 2.30. The van der Waals surface area contributed by atoms with E-state index in [0.717, 1.165) is 20.5 Å². The van der Waals surface area contributed by atoms with Crippen molar-refractivity contribution in [1.29, 1.82) is 0 Å². The zero-order valence-electron chi connectivity index (χ0n) is 19.0. The first-order valence-electron chi connectivity index (χ1n) is 9.29. The molecule has 1 N–H and O–H groups in total. The van der Waals surface area contributed by atoms with Gasteiger partial charge in [0, 0.05) is 12.8 Å². The maximum atomic E-state index is 12.6. The molecular weight excluding hydrogens is 446 g/mol. The lowest BCUT2D eigenvalue weighted by Gasteiger charge is -2.28. The van der Waals surface area contributed by atoms with Gasteiger partial charge in [-0.15, -0.1) is 5.54 Å². The summed E-state index contributed by atoms with van der Waals surface area (Å²) < 4.78 is 42.2. The van der Waals surface area contributed by atoms with Crippen molar-refractivity contribution in [2.45, 2.75) is 51.0 Å². The van der Waals surface area contributed by atoms with Crippen molar-refractivity contribution in [2.24, 2.45) is 0 Å². The van der Waals surface area contributed by atoms with Gasteiger partial charge in [-0.25, -0.2) is 14.4 Å². The number of rotatable bonds is 10. The predicted molar refractivity (Wildman–Crippen MR) is 116 cm³/mol. The van der Waals surface area contributed by atoms with Crippen LogP contribution in [-0.4, -0.2) is 73.2 Å². The van der Waals surface area contributed by atoms with Crippen LogP contribution < -0.4 is 5.32 Å². The minimum absolute atomic E-state index is 0.00656. The van der Waals surface area contributed by atoms with E-state index in [-0.39, 0.29) is 25.0 Å². The monoisotopic (exact) mass is 477 g/mol. The summed E-state index contributed by atoms with van der Waals surface area (Å²) in [6.07, 6.45) is -2.24. The first-order valence-corrected chi connectivity index (χ1v) is 14.6. The summed E-state index contributed by atoms with van der Waals surface area (Å²) in [7, 11) is -3.75. The van der Waals surface area contributed by atoms with Crippen LogP contribution in [0.15, 0.2) is 12.2 Å². The van der Waals surface area contributed by atoms with Crippen molar-refractivity contribution in [3.8, 4) is 11.5 Å². The Morgan fingerprint density at radius 1 is 1.16 bits per heavy atom. The minimum atomic E-state index is -4.00. The van der Waals surface area contributed by atoms with Gasteiger partial charge >= 0.3 is 18.0 Å². The van der Waals surface area contributed by atoms with Crippen LogP contribution in [0, 0.1) is 11.5 Å². The zero-order chi connectivity index (χ0) is 24.5. The van der Waals surface area contributed by atoms with E-state index in [2.05, 4.69) is 28.1 Å². The number of carbonyl (C=O) groups is 3. The molecule has 0 saturated carbocycles. The molecule has 0 bridgehead atoms. The molecule has 0 aromatic carbocycles. The van der Waals surface area contributed by atoms with Crippen LogP contribution in [0.1, 0.15) is 19.8 Å². The van der Waals surface area contributed by atoms with E-state index < -0.39 is 47.9 Å². The molecule has 0 fully saturated rings. The molecule has 2 atom stereocenters. The highest BCUT2D eigenvalue weighted by molar-refractivity contribution is 7.86. The maximum absolute atomic E-state index is 12.6. The number of esters is 2. The van der Waals surface area contributed by atoms with Gasteiger partial charge in [0.2, 0.25) is 5.54 Å². The number of methoxy groups -OCH3 is 2. The Kier molecular flexibility index (Phi) is 11.0. The standard InChI is InChI=1S/C19H31NO9SSi/c1-9-28-16(21)15(29-30(5,24)25)12-14(2)13-19(17(22)26-3,20-18(23)27-4)10-11-31(6,7)8/h15H,2,9,12-13H2,1,3-8H3,(H,20,23). The number of hydrogen-bond donors (Lipinski definition) is 1. The average Bonchev–Trinajstić information content (AvgIpc) is 2.63. The lowest BCUT2D eigenvalue weighted by molar-refractivity contribution is -0.151. The number of alkyl carbamates (subject to hydrolysis) is 1. The first-order chi connectivity index (χ1) is 14.1. The molecule has 2 unspecified atom stereocenters. The number of nitrogens with one attached hydrogen (secondary N) is 1. The fraction of sp³-hybridized carbons (Fsp3) is 0.632. The number of hydrogen-bond acceptors (Lipinski definition) is 9. The van der Waals surface area contributed by atoms with Gasteiger partial charge in [-0.05, 0) is 6.92 Å². The topological polar surface area (TPSA) is 134 Å². The van der Waals surface area contributed by atoms with Gasteiger partial charge in [-0.2, -0.15) is 8.42 Å². The summed E-state index contributed by atoms with van der Waals surface area (Å²) in [5, 5.41) is 2.39. The number of amides is 1. The lowest BCUT2D eigenvalue weighted by Crippen LogP contribution is -2.55. The summed E-state index contributed by atoms with van der Waals surface area (Å²) >= 11 is 0. The van der Waals surface area contributed by atoms with Crippen LogP contribution in [0.5, 0.6) is 0 Å². The Morgan fingerprint density at radius 2 is 1.74 bits per heavy atom. The van der Waals surface area contributed by atoms with Gasteiger partial charge < -0.3 is 14.2 Å². The maximum Gasteiger partial charge on any atom is 0.408 e. The van der Waals surface area contributed by atoms with Crippen molar-refractivity contribution < 1.29 is 41.2 Å². The van der Waals surface area contributed by atoms with Gasteiger partial charge in [0.15, 0.2) is 6.10 Å². The first kappa shape index (κ1) is 28.6. The Balaban J connectivity index is 6.09. The third-order valence-electron chi connectivity index (χ3n) is 3.52. The summed E-state index contributed by atoms with van der Waals surface area (Å²) in [6.45, 7) is 11.2. The van der Waals surface area contributed by atoms with Crippen LogP contribution >= 0.6 is 0 Å². The molecule has 0 aromatic rings. The average molecular weight is 478 g/mol. The van der Waals surface area contributed by atoms with Gasteiger partial charge in [-0.1, -0.05) is 37.7 Å². The Bertz CT molecular complexity index is 852. The molecule has 10 nitrogen and oxygen atoms in total. The second-order valence-corrected chi connectivity index (χ2v) is 14.0. The smallest absolute Gasteiger partial charge is 0.408 e. The molecule has 0 aromatic heterocycles. The summed E-state index contributed by atoms with van der Waals surface area (Å²) in [6, 6.07) is 0. The summed E-state index contributed by atoms with van der Waals surface area (Å²) in [5.41, 5.74) is 1.34. The van der Waals surface area contributed by atoms with E-state index in [1.54, 1.807) is 6.92 Å². The van der Waals surface area contributed by atoms with E-state index in [0.29, 0.717) is 0 Å². The van der Waals surface area contributed by atoms with Gasteiger partial charge in [0.25, 0.3) is 10.1 Å². The molecule has 0 spiro atoms. The van der Waals surface area contributed by atoms with Crippen LogP contribution in [0.4, 0.5) is 4.79 Å². The van der Waals surface area contributed by atoms with Crippen molar-refractivity contribution in [1.82, 2.24) is 5.32 Å². The van der Waals surface area contributed by atoms with Gasteiger partial charge in [0.1, 0.15) is 8.07 Å². The van der Waals surface area contributed by atoms with Crippen molar-refractivity contribution in [3.63, 3.8) is 0 Å². The fourth-order valence-corrected chi connectivity index (χ4v) is 3.46. The normalized spacial score (nSPS) is 14.2. The Morgan fingerprint density at radius 3 is 2.16 bits per heavy atom. The van der Waals surface area contributed by atoms with Crippen LogP contribution in [0.3, 0.4) is 0 Å². The van der Waals surface area contributed by atoms with Crippen LogP contribution in [0.25, 0.3) is 0 Å². The minimum Gasteiger partial charge on any atom is -0.467 e. The van der Waals surface area contributed by atoms with Crippen LogP contribution in [0.2, 0.25) is 19.6 Å². The predicted octanol–water partition coefficient (Wildman–Crippen LogP) is 1.38. The van der Waals surface area contributed by atoms with Crippen LogP contribution in [-0.2, 0) is 38.1 Å². The highest BCUT2D eigenvalue weighted by Crippen LogP contribution is 2.23. The number of carbonyl (C=O) groups excluding carboxylic acids is 3. The molecule has 0 rings (SSSR count). The molecule has 176 valence electrons. The molecule has 0 aliphatic carbocycles. The Labute approximate surface area is 184 Å². The second kappa shape index (κ2) is 11.9. The molecule has 0 aliphatic heterocycles. The number of ether oxygens (including phenoxy) is 3. The molecule has 0 saturated heterocycles. The molecule has 0 heterocycles. The molecule has 1 amide bonds. The summed E-state index contributed by atoms with van der Waals surface area (Å²) in [5.74, 6) is 1.00. The molecule has 12 heteroatoms.